The van der Waals surface area contributed by atoms with Crippen LogP contribution >= 0.6 is 34.4 Å². The van der Waals surface area contributed by atoms with Gasteiger partial charge in [-0.2, -0.15) is 0 Å². The van der Waals surface area contributed by atoms with Crippen molar-refractivity contribution in [3.63, 3.8) is 0 Å². The number of hydrogen-bond acceptors (Lipinski definition) is 3. The van der Waals surface area contributed by atoms with E-state index in [4.69, 9.17) is 0 Å². The molecule has 18 heavy (non-hydrogen) atoms. The number of aryl methyl sites for hydroxylation is 1. The van der Waals surface area contributed by atoms with Crippen molar-refractivity contribution in [3.8, 4) is 0 Å². The Kier molecular flexibility index (Phi) is 4.39. The molecule has 0 atom stereocenters. The van der Waals surface area contributed by atoms with Crippen molar-refractivity contribution < 1.29 is 4.39 Å². The number of halogens is 2. The number of hydrogen-bond donors (Lipinski definition) is 1. The van der Waals surface area contributed by atoms with E-state index in [9.17, 15) is 9.18 Å². The Bertz CT molecular complexity index is 630. The number of aromatic amines is 1. The highest BCUT2D eigenvalue weighted by Crippen LogP contribution is 2.23. The Balaban J connectivity index is 2.17. The zero-order chi connectivity index (χ0) is 13.1. The molecule has 0 saturated carbocycles. The second kappa shape index (κ2) is 5.83. The molecule has 94 valence electrons. The molecule has 2 aromatic rings. The lowest BCUT2D eigenvalue weighted by atomic mass is 10.3. The van der Waals surface area contributed by atoms with Crippen molar-refractivity contribution in [2.75, 3.05) is 0 Å². The number of rotatable bonds is 3. The predicted octanol–water partition coefficient (Wildman–Crippen LogP) is 3.11. The van der Waals surface area contributed by atoms with E-state index in [0.717, 1.165) is 0 Å². The lowest BCUT2D eigenvalue weighted by Gasteiger charge is -2.04. The summed E-state index contributed by atoms with van der Waals surface area (Å²) in [7, 11) is 0. The van der Waals surface area contributed by atoms with Crippen molar-refractivity contribution in [2.24, 2.45) is 0 Å². The number of aromatic nitrogens is 2. The minimum absolute atomic E-state index is 0.146. The van der Waals surface area contributed by atoms with E-state index in [1.807, 2.05) is 22.6 Å². The van der Waals surface area contributed by atoms with Gasteiger partial charge in [-0.15, -0.1) is 11.8 Å². The summed E-state index contributed by atoms with van der Waals surface area (Å²) in [6, 6.07) is 6.55. The van der Waals surface area contributed by atoms with Crippen molar-refractivity contribution in [1.29, 1.82) is 0 Å². The third kappa shape index (κ3) is 3.11. The van der Waals surface area contributed by atoms with Crippen LogP contribution in [-0.4, -0.2) is 9.97 Å². The van der Waals surface area contributed by atoms with Crippen LogP contribution in [0.3, 0.4) is 0 Å². The average Bonchev–Trinajstić information content (AvgIpc) is 2.35. The van der Waals surface area contributed by atoms with Crippen LogP contribution in [0.4, 0.5) is 4.39 Å². The molecule has 1 aromatic heterocycles. The van der Waals surface area contributed by atoms with E-state index in [1.165, 1.54) is 17.8 Å². The van der Waals surface area contributed by atoms with Crippen molar-refractivity contribution in [1.82, 2.24) is 9.97 Å². The van der Waals surface area contributed by atoms with Gasteiger partial charge in [-0.05, 0) is 41.6 Å². The van der Waals surface area contributed by atoms with E-state index in [0.29, 0.717) is 25.7 Å². The maximum Gasteiger partial charge on any atom is 0.264 e. The summed E-state index contributed by atoms with van der Waals surface area (Å²) in [5.74, 6) is 0.742. The highest BCUT2D eigenvalue weighted by molar-refractivity contribution is 14.1. The Morgan fingerprint density at radius 2 is 2.17 bits per heavy atom. The van der Waals surface area contributed by atoms with Crippen LogP contribution in [0.5, 0.6) is 0 Å². The summed E-state index contributed by atoms with van der Waals surface area (Å²) in [5, 5.41) is 0. The van der Waals surface area contributed by atoms with E-state index in [-0.39, 0.29) is 11.4 Å². The summed E-state index contributed by atoms with van der Waals surface area (Å²) in [6.45, 7) is 1.79. The maximum absolute atomic E-state index is 13.4. The molecule has 0 bridgehead atoms. The van der Waals surface area contributed by atoms with Gasteiger partial charge >= 0.3 is 0 Å². The molecular formula is C12H10FIN2OS. The maximum atomic E-state index is 13.4. The van der Waals surface area contributed by atoms with Crippen LogP contribution in [0.2, 0.25) is 0 Å². The molecule has 1 aromatic carbocycles. The minimum Gasteiger partial charge on any atom is -0.309 e. The van der Waals surface area contributed by atoms with Gasteiger partial charge in [0.25, 0.3) is 5.56 Å². The summed E-state index contributed by atoms with van der Waals surface area (Å²) < 4.78 is 14.0. The van der Waals surface area contributed by atoms with Gasteiger partial charge in [-0.25, -0.2) is 9.37 Å². The Hall–Kier alpha value is -0.890. The normalized spacial score (nSPS) is 10.6. The molecule has 0 aliphatic rings. The van der Waals surface area contributed by atoms with Crippen LogP contribution in [0.15, 0.2) is 34.0 Å². The zero-order valence-electron chi connectivity index (χ0n) is 9.54. The Morgan fingerprint density at radius 3 is 2.83 bits per heavy atom. The Morgan fingerprint density at radius 1 is 1.44 bits per heavy atom. The molecule has 0 unspecified atom stereocenters. The number of benzene rings is 1. The number of nitrogens with one attached hydrogen (secondary N) is 1. The van der Waals surface area contributed by atoms with Gasteiger partial charge in [-0.3, -0.25) is 4.79 Å². The summed E-state index contributed by atoms with van der Waals surface area (Å²) in [5.41, 5.74) is 0.552. The van der Waals surface area contributed by atoms with Crippen LogP contribution in [-0.2, 0) is 5.75 Å². The van der Waals surface area contributed by atoms with Gasteiger partial charge < -0.3 is 4.98 Å². The van der Waals surface area contributed by atoms with Gasteiger partial charge in [0.2, 0.25) is 0 Å². The summed E-state index contributed by atoms with van der Waals surface area (Å²) in [6.07, 6.45) is 0. The van der Waals surface area contributed by atoms with E-state index in [1.54, 1.807) is 25.1 Å². The molecule has 0 radical (unpaired) electrons. The first kappa shape index (κ1) is 13.5. The van der Waals surface area contributed by atoms with Gasteiger partial charge in [0.05, 0.1) is 15.0 Å². The molecule has 0 saturated heterocycles. The van der Waals surface area contributed by atoms with Gasteiger partial charge in [-0.1, -0.05) is 12.1 Å². The Labute approximate surface area is 121 Å². The third-order valence-electron chi connectivity index (χ3n) is 2.28. The molecular weight excluding hydrogens is 366 g/mol. The molecule has 1 N–H and O–H groups in total. The topological polar surface area (TPSA) is 45.8 Å². The number of H-pyrrole nitrogens is 1. The van der Waals surface area contributed by atoms with E-state index >= 15 is 0 Å². The third-order valence-corrected chi connectivity index (χ3v) is 4.61. The second-order valence-corrected chi connectivity index (χ2v) is 5.73. The lowest BCUT2D eigenvalue weighted by Crippen LogP contribution is -2.16. The minimum atomic E-state index is -0.257. The predicted molar refractivity (Wildman–Crippen MR) is 78.3 cm³/mol. The van der Waals surface area contributed by atoms with E-state index in [2.05, 4.69) is 9.97 Å². The molecule has 2 rings (SSSR count). The fourth-order valence-corrected chi connectivity index (χ4v) is 2.47. The first-order valence-electron chi connectivity index (χ1n) is 5.20. The monoisotopic (exact) mass is 376 g/mol. The van der Waals surface area contributed by atoms with Gasteiger partial charge in [0, 0.05) is 4.90 Å². The molecule has 0 spiro atoms. The van der Waals surface area contributed by atoms with Gasteiger partial charge in [0.1, 0.15) is 11.6 Å². The highest BCUT2D eigenvalue weighted by atomic mass is 127. The largest absolute Gasteiger partial charge is 0.309 e. The zero-order valence-corrected chi connectivity index (χ0v) is 12.5. The SMILES string of the molecule is Cc1nc(CSc2ccccc2F)[nH]c(=O)c1I. The van der Waals surface area contributed by atoms with Crippen LogP contribution < -0.4 is 5.56 Å². The smallest absolute Gasteiger partial charge is 0.264 e. The number of thioether (sulfide) groups is 1. The molecule has 0 fully saturated rings. The van der Waals surface area contributed by atoms with Crippen LogP contribution in [0, 0.1) is 16.3 Å². The first-order chi connectivity index (χ1) is 8.58. The summed E-state index contributed by atoms with van der Waals surface area (Å²) in [4.78, 5) is 19.1. The first-order valence-corrected chi connectivity index (χ1v) is 7.27. The fraction of sp³-hybridized carbons (Fsp3) is 0.167. The standard InChI is InChI=1S/C12H10FIN2OS/c1-7-11(14)12(17)16-10(15-7)6-18-9-5-3-2-4-8(9)13/h2-5H,6H2,1H3,(H,15,16,17). The molecule has 1 heterocycles. The molecule has 6 heteroatoms. The fourth-order valence-electron chi connectivity index (χ4n) is 1.41. The lowest BCUT2D eigenvalue weighted by molar-refractivity contribution is 0.602. The van der Waals surface area contributed by atoms with Crippen LogP contribution in [0.25, 0.3) is 0 Å². The quantitative estimate of drug-likeness (QED) is 0.662. The highest BCUT2D eigenvalue weighted by Gasteiger charge is 2.07. The second-order valence-electron chi connectivity index (χ2n) is 3.63. The van der Waals surface area contributed by atoms with E-state index < -0.39 is 0 Å². The average molecular weight is 376 g/mol. The van der Waals surface area contributed by atoms with Crippen LogP contribution in [0.1, 0.15) is 11.5 Å². The summed E-state index contributed by atoms with van der Waals surface area (Å²) >= 11 is 3.27. The molecule has 3 nitrogen and oxygen atoms in total. The van der Waals surface area contributed by atoms with Crippen molar-refractivity contribution >= 4 is 34.4 Å². The molecule has 0 aliphatic heterocycles. The molecule has 0 aliphatic carbocycles. The number of nitrogens with zero attached hydrogens (tertiary/aromatic N) is 1. The van der Waals surface area contributed by atoms with Crippen molar-refractivity contribution in [2.45, 2.75) is 17.6 Å². The van der Waals surface area contributed by atoms with Crippen molar-refractivity contribution in [3.05, 3.63) is 55.5 Å². The molecule has 0 amide bonds. The van der Waals surface area contributed by atoms with Gasteiger partial charge in [0.15, 0.2) is 0 Å².